The Hall–Kier alpha value is -1.45. The zero-order valence-electron chi connectivity index (χ0n) is 22.0. The quantitative estimate of drug-likeness (QED) is 0.269. The summed E-state index contributed by atoms with van der Waals surface area (Å²) in [5.74, 6) is -0.639. The molecule has 3 atom stereocenters. The topological polar surface area (TPSA) is 145 Å². The van der Waals surface area contributed by atoms with Crippen molar-refractivity contribution in [1.29, 1.82) is 0 Å². The number of thioether (sulfide) groups is 1. The van der Waals surface area contributed by atoms with Crippen LogP contribution >= 0.6 is 11.8 Å². The largest absolute Gasteiger partial charge is 1.00 e. The summed E-state index contributed by atoms with van der Waals surface area (Å²) in [6.07, 6.45) is 0. The van der Waals surface area contributed by atoms with Crippen molar-refractivity contribution in [2.24, 2.45) is 0 Å². The van der Waals surface area contributed by atoms with Gasteiger partial charge in [0.25, 0.3) is 0 Å². The van der Waals surface area contributed by atoms with Crippen LogP contribution in [0.15, 0.2) is 54.6 Å². The first-order valence-electron chi connectivity index (χ1n) is 11.6. The molecule has 2 aromatic carbocycles. The molecule has 38 heavy (non-hydrogen) atoms. The van der Waals surface area contributed by atoms with Crippen molar-refractivity contribution in [2.45, 2.75) is 50.0 Å². The van der Waals surface area contributed by atoms with Gasteiger partial charge in [-0.25, -0.2) is 18.0 Å². The van der Waals surface area contributed by atoms with Crippen LogP contribution in [0.25, 0.3) is 0 Å². The molecule has 0 bridgehead atoms. The number of urea groups is 1. The summed E-state index contributed by atoms with van der Waals surface area (Å²) in [5, 5.41) is 3.30. The Balaban J connectivity index is 0.00000507. The summed E-state index contributed by atoms with van der Waals surface area (Å²) >= 11 is 1.44. The molecule has 0 radical (unpaired) electrons. The fourth-order valence-corrected chi connectivity index (χ4v) is 5.61. The Kier molecular flexibility index (Phi) is 11.9. The van der Waals surface area contributed by atoms with Gasteiger partial charge < -0.3 is 24.8 Å². The smallest absolute Gasteiger partial charge is 0.747 e. The molecule has 0 aromatic heterocycles. The minimum Gasteiger partial charge on any atom is -0.747 e. The van der Waals surface area contributed by atoms with Crippen LogP contribution in [-0.2, 0) is 24.4 Å². The molecule has 0 aliphatic carbocycles. The van der Waals surface area contributed by atoms with E-state index in [1.807, 2.05) is 30.3 Å². The molecule has 0 spiro atoms. The van der Waals surface area contributed by atoms with Crippen LogP contribution in [0.4, 0.5) is 10.5 Å². The second kappa shape index (κ2) is 13.7. The van der Waals surface area contributed by atoms with Gasteiger partial charge in [0.1, 0.15) is 27.1 Å². The van der Waals surface area contributed by atoms with Gasteiger partial charge in [-0.15, -0.1) is 11.8 Å². The summed E-state index contributed by atoms with van der Waals surface area (Å²) in [6, 6.07) is 13.6. The molecule has 3 rings (SSSR count). The van der Waals surface area contributed by atoms with E-state index in [1.165, 1.54) is 47.9 Å². The van der Waals surface area contributed by atoms with Gasteiger partial charge in [0.05, 0.1) is 11.8 Å². The van der Waals surface area contributed by atoms with Crippen molar-refractivity contribution < 1.29 is 83.5 Å². The van der Waals surface area contributed by atoms with Gasteiger partial charge >= 0.3 is 63.4 Å². The average molecular weight is 588 g/mol. The first kappa shape index (κ1) is 32.8. The molecule has 2 aromatic rings. The molecular formula is C25H30KN3O7S2. The summed E-state index contributed by atoms with van der Waals surface area (Å²) < 4.78 is 39.5. The first-order valence-corrected chi connectivity index (χ1v) is 14.1. The van der Waals surface area contributed by atoms with Gasteiger partial charge in [-0.2, -0.15) is 0 Å². The molecule has 1 aliphatic heterocycles. The van der Waals surface area contributed by atoms with E-state index in [4.69, 9.17) is 4.74 Å². The Morgan fingerprint density at radius 1 is 1.13 bits per heavy atom. The Morgan fingerprint density at radius 3 is 2.39 bits per heavy atom. The maximum atomic E-state index is 13.3. The molecule has 1 unspecified atom stereocenters. The van der Waals surface area contributed by atoms with Crippen molar-refractivity contribution in [3.63, 3.8) is 0 Å². The normalized spacial score (nSPS) is 18.2. The zero-order chi connectivity index (χ0) is 27.4. The van der Waals surface area contributed by atoms with Gasteiger partial charge in [0.15, 0.2) is 0 Å². The van der Waals surface area contributed by atoms with E-state index in [0.29, 0.717) is 5.75 Å². The van der Waals surface area contributed by atoms with Gasteiger partial charge in [-0.1, -0.05) is 42.5 Å². The minimum atomic E-state index is -4.55. The molecular weight excluding hydrogens is 558 g/mol. The number of carbonyl (C=O) groups is 3. The van der Waals surface area contributed by atoms with Crippen molar-refractivity contribution >= 4 is 45.5 Å². The standard InChI is InChI=1S/C25H31N3O7S2.K/c1-16(37(32,33)34)18-11-8-12-19(13-18)27-24(31)26-14-21(29)28-20(23(30)35-25(2,3)4)15-36-22(28)17-9-6-5-7-10-17;/h5-13,16,20,22H,14-15H2,1-4H3,(H2,26,27,31)(H,32,33,34);/q;+1/p-1/t16?,20-,22+;/m0./s1. The molecule has 1 saturated heterocycles. The van der Waals surface area contributed by atoms with Gasteiger partial charge in [-0.3, -0.25) is 4.79 Å². The van der Waals surface area contributed by atoms with Gasteiger partial charge in [0.2, 0.25) is 5.91 Å². The third kappa shape index (κ3) is 9.05. The fourth-order valence-electron chi connectivity index (χ4n) is 3.70. The third-order valence-corrected chi connectivity index (χ3v) is 7.96. The zero-order valence-corrected chi connectivity index (χ0v) is 26.7. The maximum absolute atomic E-state index is 13.3. The minimum absolute atomic E-state index is 0. The average Bonchev–Trinajstić information content (AvgIpc) is 3.27. The third-order valence-electron chi connectivity index (χ3n) is 5.50. The summed E-state index contributed by atoms with van der Waals surface area (Å²) in [4.78, 5) is 40.1. The number of nitrogens with zero attached hydrogens (tertiary/aromatic N) is 1. The van der Waals surface area contributed by atoms with Crippen molar-refractivity contribution in [2.75, 3.05) is 17.6 Å². The molecule has 1 heterocycles. The van der Waals surface area contributed by atoms with Crippen LogP contribution in [0.2, 0.25) is 0 Å². The molecule has 10 nitrogen and oxygen atoms in total. The van der Waals surface area contributed by atoms with Crippen LogP contribution in [-0.4, -0.2) is 59.7 Å². The Morgan fingerprint density at radius 2 is 1.79 bits per heavy atom. The summed E-state index contributed by atoms with van der Waals surface area (Å²) in [7, 11) is -4.55. The fraction of sp³-hybridized carbons (Fsp3) is 0.400. The first-order chi connectivity index (χ1) is 17.3. The number of hydrogen-bond acceptors (Lipinski definition) is 8. The van der Waals surface area contributed by atoms with Crippen molar-refractivity contribution in [3.8, 4) is 0 Å². The molecule has 1 fully saturated rings. The van der Waals surface area contributed by atoms with Crippen molar-refractivity contribution in [1.82, 2.24) is 10.2 Å². The molecule has 0 saturated carbocycles. The van der Waals surface area contributed by atoms with E-state index >= 15 is 0 Å². The number of esters is 1. The molecule has 3 amide bonds. The number of anilines is 1. The van der Waals surface area contributed by atoms with Crippen LogP contribution in [0.1, 0.15) is 49.4 Å². The Bertz CT molecular complexity index is 1250. The number of nitrogens with one attached hydrogen (secondary N) is 2. The van der Waals surface area contributed by atoms with Crippen LogP contribution in [0.3, 0.4) is 0 Å². The van der Waals surface area contributed by atoms with Gasteiger partial charge in [0, 0.05) is 11.4 Å². The second-order valence-corrected chi connectivity index (χ2v) is 12.3. The van der Waals surface area contributed by atoms with E-state index in [1.54, 1.807) is 20.8 Å². The van der Waals surface area contributed by atoms with Crippen molar-refractivity contribution in [3.05, 3.63) is 65.7 Å². The monoisotopic (exact) mass is 587 g/mol. The number of ether oxygens (including phenoxy) is 1. The predicted molar refractivity (Wildman–Crippen MR) is 140 cm³/mol. The number of hydrogen-bond donors (Lipinski definition) is 2. The van der Waals surface area contributed by atoms with E-state index in [0.717, 1.165) is 5.56 Å². The predicted octanol–water partition coefficient (Wildman–Crippen LogP) is 0.403. The number of benzene rings is 2. The van der Waals surface area contributed by atoms with Crippen LogP contribution < -0.4 is 62.0 Å². The van der Waals surface area contributed by atoms with Crippen LogP contribution in [0, 0.1) is 0 Å². The summed E-state index contributed by atoms with van der Waals surface area (Å²) in [5.41, 5.74) is 0.597. The molecule has 13 heteroatoms. The van der Waals surface area contributed by atoms with Gasteiger partial charge in [-0.05, 0) is 51.0 Å². The van der Waals surface area contributed by atoms with E-state index < -0.39 is 50.3 Å². The SMILES string of the molecule is CC(c1cccc(NC(=O)NCC(=O)N2[C@@H](c3ccccc3)SC[C@H]2C(=O)OC(C)(C)C)c1)S(=O)(=O)[O-].[K+]. The van der Waals surface area contributed by atoms with Crippen LogP contribution in [0.5, 0.6) is 0 Å². The molecule has 200 valence electrons. The Labute approximate surface area is 269 Å². The molecule has 2 N–H and O–H groups in total. The summed E-state index contributed by atoms with van der Waals surface area (Å²) in [6.45, 7) is 6.13. The maximum Gasteiger partial charge on any atom is 1.00 e. The van der Waals surface area contributed by atoms with E-state index in [-0.39, 0.29) is 69.2 Å². The van der Waals surface area contributed by atoms with E-state index in [2.05, 4.69) is 10.6 Å². The second-order valence-electron chi connectivity index (χ2n) is 9.51. The number of carbonyl (C=O) groups excluding carboxylic acids is 3. The number of amides is 3. The molecule has 1 aliphatic rings. The van der Waals surface area contributed by atoms with E-state index in [9.17, 15) is 27.4 Å². The number of rotatable bonds is 7.